The minimum absolute atomic E-state index is 0.0220. The molecule has 240 valence electrons. The Morgan fingerprint density at radius 1 is 0.911 bits per heavy atom. The molecule has 3 heterocycles. The fourth-order valence-corrected chi connectivity index (χ4v) is 6.74. The molecule has 2 aromatic heterocycles. The second-order valence-corrected chi connectivity index (χ2v) is 14.4. The van der Waals surface area contributed by atoms with E-state index in [1.807, 2.05) is 42.7 Å². The molecule has 0 amide bonds. The summed E-state index contributed by atoms with van der Waals surface area (Å²) >= 11 is 0. The molecule has 1 unspecified atom stereocenters. The number of methoxy groups -OCH3 is 1. The average molecular weight is 615 g/mol. The third kappa shape index (κ3) is 7.02. The Morgan fingerprint density at radius 3 is 2.16 bits per heavy atom. The standard InChI is InChI=1S/C36H46N4O5/c1-35(2)21-40(22-36(35,3)4)25-19-38-34(39-20-25)29-13-12-28(43-5)17-31(29)44-26-8-10-27(11-9-26)45-32-16-24(14-15-37-32)30(18-33(41)42)23-6-7-23/h12-17,19-20,23,26-27,30H,6-11,18,21-22H2,1-5H3,(H,41,42)/t26-,27+,30?. The van der Waals surface area contributed by atoms with E-state index in [4.69, 9.17) is 24.2 Å². The molecule has 0 spiro atoms. The number of hydrogen-bond donors (Lipinski definition) is 1. The van der Waals surface area contributed by atoms with E-state index in [1.54, 1.807) is 13.3 Å². The van der Waals surface area contributed by atoms with Gasteiger partial charge in [0.05, 0.1) is 43.3 Å². The quantitative estimate of drug-likeness (QED) is 0.241. The molecule has 0 radical (unpaired) electrons. The lowest BCUT2D eigenvalue weighted by molar-refractivity contribution is -0.137. The zero-order valence-electron chi connectivity index (χ0n) is 27.2. The van der Waals surface area contributed by atoms with Gasteiger partial charge in [-0.1, -0.05) is 27.7 Å². The summed E-state index contributed by atoms with van der Waals surface area (Å²) in [5, 5.41) is 9.40. The number of nitrogens with zero attached hydrogens (tertiary/aromatic N) is 4. The summed E-state index contributed by atoms with van der Waals surface area (Å²) in [6.45, 7) is 11.2. The van der Waals surface area contributed by atoms with Crippen molar-refractivity contribution in [2.24, 2.45) is 16.7 Å². The molecule has 9 nitrogen and oxygen atoms in total. The molecule has 1 aliphatic heterocycles. The third-order valence-electron chi connectivity index (χ3n) is 10.4. The summed E-state index contributed by atoms with van der Waals surface area (Å²) in [5.41, 5.74) is 3.30. The first-order valence-electron chi connectivity index (χ1n) is 16.3. The van der Waals surface area contributed by atoms with Gasteiger partial charge in [-0.3, -0.25) is 4.79 Å². The number of carboxylic acid groups (broad SMARTS) is 1. The normalized spacial score (nSPS) is 22.9. The highest BCUT2D eigenvalue weighted by Gasteiger charge is 2.45. The van der Waals surface area contributed by atoms with Gasteiger partial charge in [-0.2, -0.15) is 0 Å². The summed E-state index contributed by atoms with van der Waals surface area (Å²) in [6, 6.07) is 9.68. The van der Waals surface area contributed by atoms with Gasteiger partial charge in [-0.25, -0.2) is 15.0 Å². The van der Waals surface area contributed by atoms with Crippen LogP contribution < -0.4 is 19.1 Å². The lowest BCUT2D eigenvalue weighted by Crippen LogP contribution is -2.30. The van der Waals surface area contributed by atoms with Gasteiger partial charge in [-0.05, 0) is 85.0 Å². The molecule has 1 saturated heterocycles. The van der Waals surface area contributed by atoms with Crippen LogP contribution in [0.25, 0.3) is 11.4 Å². The van der Waals surface area contributed by atoms with Gasteiger partial charge >= 0.3 is 5.97 Å². The minimum Gasteiger partial charge on any atom is -0.497 e. The molecule has 6 rings (SSSR count). The van der Waals surface area contributed by atoms with Crippen molar-refractivity contribution < 1.29 is 24.1 Å². The van der Waals surface area contributed by atoms with Crippen LogP contribution in [-0.2, 0) is 4.79 Å². The smallest absolute Gasteiger partial charge is 0.303 e. The number of carboxylic acids is 1. The molecular weight excluding hydrogens is 568 g/mol. The van der Waals surface area contributed by atoms with Gasteiger partial charge in [0, 0.05) is 31.4 Å². The first-order chi connectivity index (χ1) is 21.5. The summed E-state index contributed by atoms with van der Waals surface area (Å²) in [4.78, 5) is 27.8. The molecule has 9 heteroatoms. The van der Waals surface area contributed by atoms with Crippen molar-refractivity contribution in [3.8, 4) is 28.8 Å². The van der Waals surface area contributed by atoms with Crippen molar-refractivity contribution in [1.82, 2.24) is 15.0 Å². The monoisotopic (exact) mass is 614 g/mol. The molecule has 0 bridgehead atoms. The van der Waals surface area contributed by atoms with Crippen LogP contribution in [0.5, 0.6) is 17.4 Å². The van der Waals surface area contributed by atoms with Crippen LogP contribution in [-0.4, -0.2) is 58.4 Å². The summed E-state index contributed by atoms with van der Waals surface area (Å²) in [7, 11) is 1.66. The number of ether oxygens (including phenoxy) is 3. The van der Waals surface area contributed by atoms with E-state index in [9.17, 15) is 9.90 Å². The summed E-state index contributed by atoms with van der Waals surface area (Å²) < 4.78 is 18.4. The average Bonchev–Trinajstić information content (AvgIpc) is 3.83. The summed E-state index contributed by atoms with van der Waals surface area (Å²) in [5.74, 6) is 2.35. The zero-order valence-corrected chi connectivity index (χ0v) is 27.2. The third-order valence-corrected chi connectivity index (χ3v) is 10.4. The van der Waals surface area contributed by atoms with Gasteiger partial charge in [-0.15, -0.1) is 0 Å². The second kappa shape index (κ2) is 12.5. The van der Waals surface area contributed by atoms with E-state index in [0.717, 1.165) is 74.2 Å². The van der Waals surface area contributed by atoms with Crippen LogP contribution >= 0.6 is 0 Å². The largest absolute Gasteiger partial charge is 0.497 e. The first-order valence-corrected chi connectivity index (χ1v) is 16.3. The molecule has 1 atom stereocenters. The van der Waals surface area contributed by atoms with E-state index >= 15 is 0 Å². The van der Waals surface area contributed by atoms with Crippen molar-refractivity contribution in [3.63, 3.8) is 0 Å². The number of rotatable bonds is 11. The maximum Gasteiger partial charge on any atom is 0.303 e. The van der Waals surface area contributed by atoms with Crippen molar-refractivity contribution >= 4 is 11.7 Å². The number of anilines is 1. The van der Waals surface area contributed by atoms with Gasteiger partial charge < -0.3 is 24.2 Å². The fraction of sp³-hybridized carbons (Fsp3) is 0.556. The Labute approximate surface area is 266 Å². The number of hydrogen-bond acceptors (Lipinski definition) is 8. The Hall–Kier alpha value is -3.88. The minimum atomic E-state index is -0.761. The number of pyridine rings is 1. The van der Waals surface area contributed by atoms with Crippen molar-refractivity contribution in [2.75, 3.05) is 25.1 Å². The van der Waals surface area contributed by atoms with Crippen molar-refractivity contribution in [3.05, 3.63) is 54.5 Å². The van der Waals surface area contributed by atoms with Crippen molar-refractivity contribution in [1.29, 1.82) is 0 Å². The Bertz CT molecular complexity index is 1480. The lowest BCUT2D eigenvalue weighted by Gasteiger charge is -2.32. The van der Waals surface area contributed by atoms with Gasteiger partial charge in [0.2, 0.25) is 5.88 Å². The Morgan fingerprint density at radius 2 is 1.56 bits per heavy atom. The van der Waals surface area contributed by atoms with E-state index < -0.39 is 5.97 Å². The molecule has 45 heavy (non-hydrogen) atoms. The number of aromatic nitrogens is 3. The zero-order chi connectivity index (χ0) is 31.8. The van der Waals surface area contributed by atoms with Gasteiger partial charge in [0.25, 0.3) is 0 Å². The van der Waals surface area contributed by atoms with Crippen molar-refractivity contribution in [2.45, 2.75) is 90.8 Å². The first kappa shape index (κ1) is 31.1. The van der Waals surface area contributed by atoms with Gasteiger partial charge in [0.15, 0.2) is 5.82 Å². The molecule has 3 aromatic rings. The molecule has 1 aromatic carbocycles. The number of carbonyl (C=O) groups is 1. The van der Waals surface area contributed by atoms with Crippen LogP contribution in [0.3, 0.4) is 0 Å². The fourth-order valence-electron chi connectivity index (χ4n) is 6.74. The molecule has 3 aliphatic rings. The lowest BCUT2D eigenvalue weighted by atomic mass is 9.71. The van der Waals surface area contributed by atoms with E-state index in [-0.39, 0.29) is 35.4 Å². The van der Waals surface area contributed by atoms with E-state index in [1.165, 1.54) is 0 Å². The summed E-state index contributed by atoms with van der Waals surface area (Å²) in [6.07, 6.45) is 11.3. The maximum absolute atomic E-state index is 11.4. The highest BCUT2D eigenvalue weighted by Crippen LogP contribution is 2.47. The Balaban J connectivity index is 1.09. The molecule has 3 fully saturated rings. The van der Waals surface area contributed by atoms with Crippen LogP contribution in [0, 0.1) is 16.7 Å². The SMILES string of the molecule is COc1ccc(-c2ncc(N3CC(C)(C)C(C)(C)C3)cn2)c(O[C@H]2CC[C@@H](Oc3cc(C(CC(=O)O)C4CC4)ccn3)CC2)c1. The second-order valence-electron chi connectivity index (χ2n) is 14.4. The molecule has 1 N–H and O–H groups in total. The van der Waals surface area contributed by atoms with Crippen LogP contribution in [0.2, 0.25) is 0 Å². The van der Waals surface area contributed by atoms with E-state index in [0.29, 0.717) is 23.4 Å². The highest BCUT2D eigenvalue weighted by molar-refractivity contribution is 5.68. The predicted molar refractivity (Wildman–Crippen MR) is 173 cm³/mol. The predicted octanol–water partition coefficient (Wildman–Crippen LogP) is 7.16. The van der Waals surface area contributed by atoms with Crippen LogP contribution in [0.15, 0.2) is 48.9 Å². The van der Waals surface area contributed by atoms with Crippen LogP contribution in [0.4, 0.5) is 5.69 Å². The highest BCUT2D eigenvalue weighted by atomic mass is 16.5. The van der Waals surface area contributed by atoms with E-state index in [2.05, 4.69) is 37.6 Å². The molecule has 2 saturated carbocycles. The topological polar surface area (TPSA) is 107 Å². The molecule has 2 aliphatic carbocycles. The number of benzene rings is 1. The Kier molecular flexibility index (Phi) is 8.63. The maximum atomic E-state index is 11.4. The molecular formula is C36H46N4O5. The number of aliphatic carboxylic acids is 1. The van der Waals surface area contributed by atoms with Crippen LogP contribution in [0.1, 0.15) is 84.1 Å². The van der Waals surface area contributed by atoms with Gasteiger partial charge in [0.1, 0.15) is 17.6 Å².